The fraction of sp³-hybridized carbons (Fsp3) is 0.857. The van der Waals surface area contributed by atoms with Crippen molar-refractivity contribution in [3.8, 4) is 0 Å². The molecule has 0 heterocycles. The van der Waals surface area contributed by atoms with E-state index in [1.54, 1.807) is 0 Å². The lowest BCUT2D eigenvalue weighted by Gasteiger charge is -2.21. The van der Waals surface area contributed by atoms with E-state index < -0.39 is 0 Å². The molecule has 1 fully saturated rings. The topological polar surface area (TPSA) is 17.1 Å². The van der Waals surface area contributed by atoms with E-state index in [9.17, 15) is 4.79 Å². The van der Waals surface area contributed by atoms with Crippen molar-refractivity contribution in [1.82, 2.24) is 0 Å². The summed E-state index contributed by atoms with van der Waals surface area (Å²) in [5, 5.41) is 0. The van der Waals surface area contributed by atoms with Crippen molar-refractivity contribution in [2.45, 2.75) is 30.1 Å². The summed E-state index contributed by atoms with van der Waals surface area (Å²) in [6.07, 6.45) is 3.16. The number of ketones is 1. The Morgan fingerprint density at radius 1 is 1.67 bits per heavy atom. The number of rotatable bonds is 0. The van der Waals surface area contributed by atoms with E-state index in [1.807, 2.05) is 0 Å². The maximum atomic E-state index is 11.0. The molecule has 2 heteroatoms. The second-order valence-electron chi connectivity index (χ2n) is 2.74. The van der Waals surface area contributed by atoms with Gasteiger partial charge in [-0.3, -0.25) is 4.79 Å². The fourth-order valence-corrected chi connectivity index (χ4v) is 1.87. The SMILES string of the molecule is CC1CCCC(=O)C1I. The first-order chi connectivity index (χ1) is 4.22. The Kier molecular flexibility index (Phi) is 2.50. The molecule has 9 heavy (non-hydrogen) atoms. The number of Topliss-reactive ketones (excluding diaryl/α,β-unsaturated/α-hetero) is 1. The summed E-state index contributed by atoms with van der Waals surface area (Å²) in [6, 6.07) is 0. The van der Waals surface area contributed by atoms with Crippen LogP contribution in [0.15, 0.2) is 0 Å². The minimum Gasteiger partial charge on any atom is -0.299 e. The largest absolute Gasteiger partial charge is 0.299 e. The lowest BCUT2D eigenvalue weighted by molar-refractivity contribution is -0.120. The van der Waals surface area contributed by atoms with Gasteiger partial charge in [0.15, 0.2) is 0 Å². The molecule has 1 rings (SSSR count). The van der Waals surface area contributed by atoms with Crippen molar-refractivity contribution < 1.29 is 4.79 Å². The maximum absolute atomic E-state index is 11.0. The smallest absolute Gasteiger partial charge is 0.145 e. The summed E-state index contributed by atoms with van der Waals surface area (Å²) in [5.74, 6) is 1.07. The molecule has 0 N–H and O–H groups in total. The highest BCUT2D eigenvalue weighted by Crippen LogP contribution is 2.26. The number of hydrogen-bond acceptors (Lipinski definition) is 1. The van der Waals surface area contributed by atoms with Crippen LogP contribution in [0.5, 0.6) is 0 Å². The number of carbonyl (C=O) groups excluding carboxylic acids is 1. The average Bonchev–Trinajstić information content (AvgIpc) is 1.83. The Hall–Kier alpha value is 0.400. The van der Waals surface area contributed by atoms with Crippen LogP contribution in [0.3, 0.4) is 0 Å². The fourth-order valence-electron chi connectivity index (χ4n) is 1.20. The zero-order valence-corrected chi connectivity index (χ0v) is 7.72. The summed E-state index contributed by atoms with van der Waals surface area (Å²) < 4.78 is 0.302. The van der Waals surface area contributed by atoms with Gasteiger partial charge in [-0.2, -0.15) is 0 Å². The molecule has 1 aliphatic rings. The molecule has 2 atom stereocenters. The molecule has 1 aliphatic carbocycles. The second kappa shape index (κ2) is 2.99. The number of alkyl halides is 1. The van der Waals surface area contributed by atoms with Gasteiger partial charge in [-0.25, -0.2) is 0 Å². The molecule has 0 aliphatic heterocycles. The lowest BCUT2D eigenvalue weighted by atomic mass is 9.90. The van der Waals surface area contributed by atoms with Gasteiger partial charge in [0.25, 0.3) is 0 Å². The van der Waals surface area contributed by atoms with E-state index in [-0.39, 0.29) is 0 Å². The van der Waals surface area contributed by atoms with Crippen LogP contribution in [0.1, 0.15) is 26.2 Å². The highest BCUT2D eigenvalue weighted by Gasteiger charge is 2.25. The molecule has 1 nitrogen and oxygen atoms in total. The van der Waals surface area contributed by atoms with Crippen molar-refractivity contribution in [3.05, 3.63) is 0 Å². The number of halogens is 1. The molecule has 0 radical (unpaired) electrons. The van der Waals surface area contributed by atoms with Gasteiger partial charge in [0.05, 0.1) is 3.92 Å². The Morgan fingerprint density at radius 3 is 2.78 bits per heavy atom. The first kappa shape index (κ1) is 7.51. The summed E-state index contributed by atoms with van der Waals surface area (Å²) in [6.45, 7) is 2.16. The summed E-state index contributed by atoms with van der Waals surface area (Å²) >= 11 is 2.26. The molecule has 2 unspecified atom stereocenters. The highest BCUT2D eigenvalue weighted by atomic mass is 127. The summed E-state index contributed by atoms with van der Waals surface area (Å²) in [7, 11) is 0. The molecule has 52 valence electrons. The molecule has 0 aromatic rings. The minimum atomic E-state index is 0.302. The zero-order valence-electron chi connectivity index (χ0n) is 5.56. The quantitative estimate of drug-likeness (QED) is 0.467. The van der Waals surface area contributed by atoms with Crippen LogP contribution in [0, 0.1) is 5.92 Å². The average molecular weight is 238 g/mol. The third kappa shape index (κ3) is 1.66. The lowest BCUT2D eigenvalue weighted by Crippen LogP contribution is -2.26. The molecule has 0 amide bonds. The molecular formula is C7H11IO. The standard InChI is InChI=1S/C7H11IO/c1-5-3-2-4-6(9)7(5)8/h5,7H,2-4H2,1H3. The zero-order chi connectivity index (χ0) is 6.85. The van der Waals surface area contributed by atoms with Crippen LogP contribution < -0.4 is 0 Å². The van der Waals surface area contributed by atoms with Gasteiger partial charge in [0.2, 0.25) is 0 Å². The van der Waals surface area contributed by atoms with Crippen molar-refractivity contribution >= 4 is 28.4 Å². The van der Waals surface area contributed by atoms with E-state index in [4.69, 9.17) is 0 Å². The first-order valence-corrected chi connectivity index (χ1v) is 4.63. The Bertz CT molecular complexity index is 122. The molecule has 0 spiro atoms. The van der Waals surface area contributed by atoms with Crippen LogP contribution in [0.4, 0.5) is 0 Å². The van der Waals surface area contributed by atoms with Gasteiger partial charge in [-0.15, -0.1) is 0 Å². The molecule has 0 aromatic carbocycles. The third-order valence-corrected chi connectivity index (χ3v) is 3.81. The van der Waals surface area contributed by atoms with Crippen LogP contribution in [-0.4, -0.2) is 9.71 Å². The van der Waals surface area contributed by atoms with Crippen LogP contribution >= 0.6 is 22.6 Å². The van der Waals surface area contributed by atoms with E-state index in [0.29, 0.717) is 15.6 Å². The van der Waals surface area contributed by atoms with Gasteiger partial charge in [0.1, 0.15) is 5.78 Å². The van der Waals surface area contributed by atoms with E-state index in [2.05, 4.69) is 29.5 Å². The molecule has 1 saturated carbocycles. The highest BCUT2D eigenvalue weighted by molar-refractivity contribution is 14.1. The predicted molar refractivity (Wildman–Crippen MR) is 45.8 cm³/mol. The first-order valence-electron chi connectivity index (χ1n) is 3.38. The Labute approximate surface area is 69.3 Å². The van der Waals surface area contributed by atoms with Crippen LogP contribution in [0.2, 0.25) is 0 Å². The normalized spacial score (nSPS) is 36.9. The van der Waals surface area contributed by atoms with E-state index in [0.717, 1.165) is 12.8 Å². The Balaban J connectivity index is 2.51. The second-order valence-corrected chi connectivity index (χ2v) is 4.08. The minimum absolute atomic E-state index is 0.302. The Morgan fingerprint density at radius 2 is 2.33 bits per heavy atom. The van der Waals surface area contributed by atoms with E-state index >= 15 is 0 Å². The van der Waals surface area contributed by atoms with Crippen LogP contribution in [0.25, 0.3) is 0 Å². The predicted octanol–water partition coefficient (Wildman–Crippen LogP) is 2.18. The van der Waals surface area contributed by atoms with Gasteiger partial charge in [0, 0.05) is 6.42 Å². The van der Waals surface area contributed by atoms with Gasteiger partial charge in [-0.1, -0.05) is 29.5 Å². The van der Waals surface area contributed by atoms with Crippen molar-refractivity contribution in [2.75, 3.05) is 0 Å². The molecule has 0 saturated heterocycles. The summed E-state index contributed by atoms with van der Waals surface area (Å²) in [4.78, 5) is 11.0. The van der Waals surface area contributed by atoms with E-state index in [1.165, 1.54) is 6.42 Å². The van der Waals surface area contributed by atoms with Crippen LogP contribution in [-0.2, 0) is 4.79 Å². The van der Waals surface area contributed by atoms with Gasteiger partial charge >= 0.3 is 0 Å². The van der Waals surface area contributed by atoms with Crippen molar-refractivity contribution in [3.63, 3.8) is 0 Å². The molecule has 0 bridgehead atoms. The van der Waals surface area contributed by atoms with Gasteiger partial charge < -0.3 is 0 Å². The monoisotopic (exact) mass is 238 g/mol. The maximum Gasteiger partial charge on any atom is 0.145 e. The van der Waals surface area contributed by atoms with Crippen molar-refractivity contribution in [1.29, 1.82) is 0 Å². The molecule has 0 aromatic heterocycles. The number of hydrogen-bond donors (Lipinski definition) is 0. The van der Waals surface area contributed by atoms with Gasteiger partial charge in [-0.05, 0) is 18.8 Å². The number of carbonyl (C=O) groups is 1. The summed E-state index contributed by atoms with van der Waals surface area (Å²) in [5.41, 5.74) is 0. The molecular weight excluding hydrogens is 227 g/mol. The van der Waals surface area contributed by atoms with Crippen molar-refractivity contribution in [2.24, 2.45) is 5.92 Å². The third-order valence-electron chi connectivity index (χ3n) is 1.89.